The van der Waals surface area contributed by atoms with Gasteiger partial charge in [-0.05, 0) is 31.9 Å². The molecule has 0 saturated carbocycles. The molecule has 3 aromatic rings. The highest BCUT2D eigenvalue weighted by Gasteiger charge is 2.33. The molecule has 2 atom stereocenters. The topological polar surface area (TPSA) is 107 Å². The predicted molar refractivity (Wildman–Crippen MR) is 113 cm³/mol. The molecule has 0 aliphatic carbocycles. The SMILES string of the molecule is C[C@@H]1COCCN1c1cc(N2CCC[C@H]2C(=O)O)c2ccnc(-c3ccn[nH]3)c2n1. The molecule has 2 aliphatic rings. The summed E-state index contributed by atoms with van der Waals surface area (Å²) in [7, 11) is 0. The summed E-state index contributed by atoms with van der Waals surface area (Å²) in [6.07, 6.45) is 4.92. The van der Waals surface area contributed by atoms with Crippen molar-refractivity contribution in [3.8, 4) is 11.4 Å². The van der Waals surface area contributed by atoms with Crippen LogP contribution in [0, 0.1) is 0 Å². The van der Waals surface area contributed by atoms with Gasteiger partial charge in [-0.3, -0.25) is 10.1 Å². The third-order valence-corrected chi connectivity index (χ3v) is 5.96. The van der Waals surface area contributed by atoms with Gasteiger partial charge in [0.25, 0.3) is 0 Å². The molecule has 0 amide bonds. The number of morpholine rings is 1. The number of fused-ring (bicyclic) bond motifs is 1. The van der Waals surface area contributed by atoms with Crippen molar-refractivity contribution in [2.75, 3.05) is 36.1 Å². The Kier molecular flexibility index (Phi) is 4.74. The first kappa shape index (κ1) is 18.8. The van der Waals surface area contributed by atoms with Crippen LogP contribution < -0.4 is 9.80 Å². The minimum absolute atomic E-state index is 0.178. The van der Waals surface area contributed by atoms with E-state index in [4.69, 9.17) is 9.72 Å². The highest BCUT2D eigenvalue weighted by Crippen LogP contribution is 2.37. The Hall–Kier alpha value is -3.20. The lowest BCUT2D eigenvalue weighted by Crippen LogP contribution is -2.44. The van der Waals surface area contributed by atoms with Crippen molar-refractivity contribution in [1.29, 1.82) is 0 Å². The zero-order valence-electron chi connectivity index (χ0n) is 16.8. The zero-order chi connectivity index (χ0) is 20.7. The van der Waals surface area contributed by atoms with E-state index in [-0.39, 0.29) is 6.04 Å². The summed E-state index contributed by atoms with van der Waals surface area (Å²) in [6, 6.07) is 5.46. The molecule has 0 aromatic carbocycles. The number of aliphatic carboxylic acids is 1. The fourth-order valence-corrected chi connectivity index (χ4v) is 4.47. The maximum Gasteiger partial charge on any atom is 0.326 e. The lowest BCUT2D eigenvalue weighted by Gasteiger charge is -2.35. The first-order valence-electron chi connectivity index (χ1n) is 10.3. The van der Waals surface area contributed by atoms with Crippen molar-refractivity contribution in [3.63, 3.8) is 0 Å². The van der Waals surface area contributed by atoms with Crippen molar-refractivity contribution in [2.45, 2.75) is 31.8 Å². The van der Waals surface area contributed by atoms with E-state index in [1.165, 1.54) is 0 Å². The number of anilines is 2. The summed E-state index contributed by atoms with van der Waals surface area (Å²) in [5, 5.41) is 17.7. The van der Waals surface area contributed by atoms with Crippen LogP contribution in [0.15, 0.2) is 30.6 Å². The first-order valence-corrected chi connectivity index (χ1v) is 10.3. The average Bonchev–Trinajstić information content (AvgIpc) is 3.45. The number of hydrogen-bond acceptors (Lipinski definition) is 7. The molecule has 2 fully saturated rings. The summed E-state index contributed by atoms with van der Waals surface area (Å²) in [5.41, 5.74) is 3.12. The number of ether oxygens (including phenoxy) is 1. The molecule has 0 unspecified atom stereocenters. The minimum Gasteiger partial charge on any atom is -0.480 e. The summed E-state index contributed by atoms with van der Waals surface area (Å²) in [4.78, 5) is 25.7. The molecule has 30 heavy (non-hydrogen) atoms. The maximum atomic E-state index is 11.9. The molecule has 5 heterocycles. The van der Waals surface area contributed by atoms with Crippen molar-refractivity contribution in [2.24, 2.45) is 0 Å². The third kappa shape index (κ3) is 3.15. The molecule has 2 aliphatic heterocycles. The van der Waals surface area contributed by atoms with E-state index in [9.17, 15) is 9.90 Å². The summed E-state index contributed by atoms with van der Waals surface area (Å²) in [5.74, 6) is 0.0275. The van der Waals surface area contributed by atoms with Gasteiger partial charge in [0.05, 0.1) is 30.6 Å². The molecule has 5 rings (SSSR count). The Balaban J connectivity index is 1.73. The van der Waals surface area contributed by atoms with Gasteiger partial charge < -0.3 is 19.6 Å². The summed E-state index contributed by atoms with van der Waals surface area (Å²) in [6.45, 7) is 4.83. The fourth-order valence-electron chi connectivity index (χ4n) is 4.47. The third-order valence-electron chi connectivity index (χ3n) is 5.96. The Morgan fingerprint density at radius 1 is 1.27 bits per heavy atom. The Morgan fingerprint density at radius 3 is 2.93 bits per heavy atom. The van der Waals surface area contributed by atoms with E-state index >= 15 is 0 Å². The van der Waals surface area contributed by atoms with Crippen LogP contribution in [0.5, 0.6) is 0 Å². The highest BCUT2D eigenvalue weighted by molar-refractivity contribution is 6.01. The monoisotopic (exact) mass is 408 g/mol. The molecule has 0 radical (unpaired) electrons. The van der Waals surface area contributed by atoms with Crippen LogP contribution in [-0.4, -0.2) is 69.6 Å². The van der Waals surface area contributed by atoms with Crippen molar-refractivity contribution >= 4 is 28.4 Å². The van der Waals surface area contributed by atoms with Gasteiger partial charge >= 0.3 is 5.97 Å². The molecule has 2 N–H and O–H groups in total. The van der Waals surface area contributed by atoms with Gasteiger partial charge in [0.15, 0.2) is 0 Å². The first-order chi connectivity index (χ1) is 14.6. The van der Waals surface area contributed by atoms with Gasteiger partial charge in [-0.15, -0.1) is 0 Å². The molecule has 0 bridgehead atoms. The lowest BCUT2D eigenvalue weighted by molar-refractivity contribution is -0.138. The lowest BCUT2D eigenvalue weighted by atomic mass is 10.1. The average molecular weight is 408 g/mol. The second kappa shape index (κ2) is 7.56. The van der Waals surface area contributed by atoms with E-state index in [0.717, 1.165) is 41.1 Å². The largest absolute Gasteiger partial charge is 0.480 e. The number of carboxylic acid groups (broad SMARTS) is 1. The second-order valence-electron chi connectivity index (χ2n) is 7.83. The maximum absolute atomic E-state index is 11.9. The molecule has 156 valence electrons. The highest BCUT2D eigenvalue weighted by atomic mass is 16.5. The van der Waals surface area contributed by atoms with Crippen LogP contribution in [0.1, 0.15) is 19.8 Å². The zero-order valence-corrected chi connectivity index (χ0v) is 16.8. The molecule has 9 nitrogen and oxygen atoms in total. The van der Waals surface area contributed by atoms with E-state index < -0.39 is 12.0 Å². The van der Waals surface area contributed by atoms with Crippen LogP contribution in [0.3, 0.4) is 0 Å². The van der Waals surface area contributed by atoms with Crippen LogP contribution in [-0.2, 0) is 9.53 Å². The number of pyridine rings is 2. The minimum atomic E-state index is -0.790. The smallest absolute Gasteiger partial charge is 0.326 e. The Bertz CT molecular complexity index is 1070. The van der Waals surface area contributed by atoms with Crippen molar-refractivity contribution in [3.05, 3.63) is 30.6 Å². The normalized spacial score (nSPS) is 22.0. The van der Waals surface area contributed by atoms with Gasteiger partial charge in [0, 0.05) is 36.9 Å². The van der Waals surface area contributed by atoms with Crippen molar-refractivity contribution < 1.29 is 14.6 Å². The fraction of sp³-hybridized carbons (Fsp3) is 0.429. The molecule has 3 aromatic heterocycles. The van der Waals surface area contributed by atoms with E-state index in [1.54, 1.807) is 12.4 Å². The van der Waals surface area contributed by atoms with Gasteiger partial charge in [-0.2, -0.15) is 5.10 Å². The number of aromatic amines is 1. The van der Waals surface area contributed by atoms with E-state index in [2.05, 4.69) is 27.0 Å². The van der Waals surface area contributed by atoms with E-state index in [0.29, 0.717) is 31.9 Å². The number of nitrogens with zero attached hydrogens (tertiary/aromatic N) is 5. The molecule has 2 saturated heterocycles. The van der Waals surface area contributed by atoms with Crippen LogP contribution >= 0.6 is 0 Å². The molecule has 9 heteroatoms. The predicted octanol–water partition coefficient (Wildman–Crippen LogP) is 2.30. The van der Waals surface area contributed by atoms with Gasteiger partial charge in [0.2, 0.25) is 0 Å². The van der Waals surface area contributed by atoms with E-state index in [1.807, 2.05) is 23.1 Å². The standard InChI is InChI=1S/C21H24N6O3/c1-13-12-30-10-9-26(13)18-11-17(27-8-2-3-16(27)21(28)29)14-4-6-22-20(19(14)24-18)15-5-7-23-25-15/h4-7,11,13,16H,2-3,8-10,12H2,1H3,(H,23,25)(H,28,29)/t13-,16+/m1/s1. The Labute approximate surface area is 173 Å². The van der Waals surface area contributed by atoms with Gasteiger partial charge in [-0.1, -0.05) is 0 Å². The number of H-pyrrole nitrogens is 1. The Morgan fingerprint density at radius 2 is 2.17 bits per heavy atom. The van der Waals surface area contributed by atoms with Gasteiger partial charge in [0.1, 0.15) is 23.1 Å². The van der Waals surface area contributed by atoms with Crippen LogP contribution in [0.4, 0.5) is 11.5 Å². The molecular weight excluding hydrogens is 384 g/mol. The number of nitrogens with one attached hydrogen (secondary N) is 1. The number of carboxylic acids is 1. The van der Waals surface area contributed by atoms with Crippen LogP contribution in [0.25, 0.3) is 22.3 Å². The summed E-state index contributed by atoms with van der Waals surface area (Å²) >= 11 is 0. The quantitative estimate of drug-likeness (QED) is 0.677. The molecule has 0 spiro atoms. The molecular formula is C21H24N6O3. The number of aromatic nitrogens is 4. The second-order valence-corrected chi connectivity index (χ2v) is 7.83. The van der Waals surface area contributed by atoms with Crippen molar-refractivity contribution in [1.82, 2.24) is 20.2 Å². The summed E-state index contributed by atoms with van der Waals surface area (Å²) < 4.78 is 5.60. The number of rotatable bonds is 4. The van der Waals surface area contributed by atoms with Gasteiger partial charge in [-0.25, -0.2) is 9.78 Å². The number of hydrogen-bond donors (Lipinski definition) is 2. The number of carbonyl (C=O) groups is 1. The van der Waals surface area contributed by atoms with Crippen LogP contribution in [0.2, 0.25) is 0 Å².